The van der Waals surface area contributed by atoms with E-state index in [0.29, 0.717) is 6.42 Å². The summed E-state index contributed by atoms with van der Waals surface area (Å²) in [5.41, 5.74) is 2.97. The Labute approximate surface area is 140 Å². The van der Waals surface area contributed by atoms with Crippen LogP contribution in [0.1, 0.15) is 18.3 Å². The number of imidazole rings is 1. The van der Waals surface area contributed by atoms with Crippen LogP contribution >= 0.6 is 0 Å². The monoisotopic (exact) mass is 323 g/mol. The highest BCUT2D eigenvalue weighted by molar-refractivity contribution is 5.76. The lowest BCUT2D eigenvalue weighted by atomic mass is 10.2. The number of nitrogens with one attached hydrogen (secondary N) is 2. The van der Waals surface area contributed by atoms with E-state index in [-0.39, 0.29) is 18.5 Å². The second-order valence-corrected chi connectivity index (χ2v) is 5.96. The third kappa shape index (κ3) is 3.90. The van der Waals surface area contributed by atoms with Crippen LogP contribution in [0.15, 0.2) is 48.8 Å². The molecule has 0 unspecified atom stereocenters. The van der Waals surface area contributed by atoms with Gasteiger partial charge < -0.3 is 9.88 Å². The number of hydrogen-bond donors (Lipinski definition) is 2. The molecule has 0 bridgehead atoms. The van der Waals surface area contributed by atoms with Crippen LogP contribution in [-0.2, 0) is 17.8 Å². The van der Waals surface area contributed by atoms with Crippen molar-refractivity contribution in [3.8, 4) is 11.4 Å². The van der Waals surface area contributed by atoms with Gasteiger partial charge in [-0.15, -0.1) is 0 Å². The van der Waals surface area contributed by atoms with Crippen LogP contribution in [0, 0.1) is 6.92 Å². The van der Waals surface area contributed by atoms with Crippen molar-refractivity contribution in [2.45, 2.75) is 32.9 Å². The van der Waals surface area contributed by atoms with E-state index in [1.54, 1.807) is 6.20 Å². The molecule has 0 radical (unpaired) electrons. The summed E-state index contributed by atoms with van der Waals surface area (Å²) in [5, 5.41) is 10.1. The van der Waals surface area contributed by atoms with Gasteiger partial charge in [-0.05, 0) is 19.9 Å². The summed E-state index contributed by atoms with van der Waals surface area (Å²) < 4.78 is 1.86. The van der Waals surface area contributed by atoms with E-state index in [1.807, 2.05) is 61.0 Å². The molecule has 2 N–H and O–H groups in total. The lowest BCUT2D eigenvalue weighted by Gasteiger charge is -2.14. The molecule has 2 heterocycles. The van der Waals surface area contributed by atoms with Crippen LogP contribution in [0.3, 0.4) is 0 Å². The van der Waals surface area contributed by atoms with Gasteiger partial charge in [-0.2, -0.15) is 5.10 Å². The van der Waals surface area contributed by atoms with E-state index in [4.69, 9.17) is 0 Å². The van der Waals surface area contributed by atoms with E-state index in [1.165, 1.54) is 0 Å². The highest BCUT2D eigenvalue weighted by atomic mass is 16.2. The number of aromatic nitrogens is 4. The number of carbonyl (C=O) groups excluding carboxylic acids is 1. The number of aryl methyl sites for hydroxylation is 1. The van der Waals surface area contributed by atoms with Gasteiger partial charge in [0.05, 0.1) is 5.69 Å². The summed E-state index contributed by atoms with van der Waals surface area (Å²) in [7, 11) is 0. The number of nitrogens with zero attached hydrogens (tertiary/aromatic N) is 3. The first kappa shape index (κ1) is 16.0. The lowest BCUT2D eigenvalue weighted by molar-refractivity contribution is -0.122. The van der Waals surface area contributed by atoms with Gasteiger partial charge in [-0.3, -0.25) is 9.89 Å². The third-order valence-corrected chi connectivity index (χ3v) is 3.74. The molecule has 24 heavy (non-hydrogen) atoms. The minimum Gasteiger partial charge on any atom is -0.352 e. The Morgan fingerprint density at radius 1 is 1.33 bits per heavy atom. The van der Waals surface area contributed by atoms with Gasteiger partial charge in [0, 0.05) is 36.1 Å². The topological polar surface area (TPSA) is 75.6 Å². The standard InChI is InChI=1S/C18H21N5O/c1-13(10-16-11-14(2)21-22-16)20-17(24)12-23-9-8-19-18(23)15-6-4-3-5-7-15/h3-9,11,13H,10,12H2,1-2H3,(H,20,24)(H,21,22)/t13-/m1/s1. The van der Waals surface area contributed by atoms with Crippen molar-refractivity contribution in [1.82, 2.24) is 25.1 Å². The highest BCUT2D eigenvalue weighted by Gasteiger charge is 2.13. The predicted molar refractivity (Wildman–Crippen MR) is 92.3 cm³/mol. The minimum atomic E-state index is -0.0371. The smallest absolute Gasteiger partial charge is 0.240 e. The van der Waals surface area contributed by atoms with Gasteiger partial charge in [-0.1, -0.05) is 30.3 Å². The van der Waals surface area contributed by atoms with Gasteiger partial charge in [-0.25, -0.2) is 4.98 Å². The molecule has 1 amide bonds. The second kappa shape index (κ2) is 7.12. The van der Waals surface area contributed by atoms with E-state index in [2.05, 4.69) is 20.5 Å². The van der Waals surface area contributed by atoms with E-state index in [9.17, 15) is 4.79 Å². The van der Waals surface area contributed by atoms with Gasteiger partial charge in [0.15, 0.2) is 0 Å². The fourth-order valence-corrected chi connectivity index (χ4v) is 2.70. The predicted octanol–water partition coefficient (Wildman–Crippen LogP) is 2.33. The summed E-state index contributed by atoms with van der Waals surface area (Å²) in [6.45, 7) is 4.19. The molecule has 0 aliphatic carbocycles. The largest absolute Gasteiger partial charge is 0.352 e. The molecule has 0 fully saturated rings. The van der Waals surface area contributed by atoms with Gasteiger partial charge in [0.1, 0.15) is 12.4 Å². The summed E-state index contributed by atoms with van der Waals surface area (Å²) in [5.74, 6) is 0.756. The molecular formula is C18H21N5O. The number of H-pyrrole nitrogens is 1. The first-order chi connectivity index (χ1) is 11.6. The van der Waals surface area contributed by atoms with Crippen molar-refractivity contribution >= 4 is 5.91 Å². The van der Waals surface area contributed by atoms with Crippen molar-refractivity contribution in [2.24, 2.45) is 0 Å². The molecule has 124 valence electrons. The maximum atomic E-state index is 12.3. The zero-order valence-electron chi connectivity index (χ0n) is 13.9. The average Bonchev–Trinajstić information content (AvgIpc) is 3.17. The van der Waals surface area contributed by atoms with Crippen molar-refractivity contribution in [3.05, 3.63) is 60.2 Å². The molecule has 0 spiro atoms. The van der Waals surface area contributed by atoms with Crippen LogP contribution in [0.5, 0.6) is 0 Å². The second-order valence-electron chi connectivity index (χ2n) is 5.96. The zero-order chi connectivity index (χ0) is 16.9. The summed E-state index contributed by atoms with van der Waals surface area (Å²) >= 11 is 0. The van der Waals surface area contributed by atoms with E-state index < -0.39 is 0 Å². The Balaban J connectivity index is 1.60. The van der Waals surface area contributed by atoms with Crippen LogP contribution in [0.2, 0.25) is 0 Å². The van der Waals surface area contributed by atoms with Gasteiger partial charge in [0.2, 0.25) is 5.91 Å². The Bertz CT molecular complexity index is 806. The number of rotatable bonds is 6. The molecule has 1 aromatic carbocycles. The first-order valence-electron chi connectivity index (χ1n) is 7.98. The summed E-state index contributed by atoms with van der Waals surface area (Å²) in [6, 6.07) is 11.9. The fourth-order valence-electron chi connectivity index (χ4n) is 2.70. The summed E-state index contributed by atoms with van der Waals surface area (Å²) in [4.78, 5) is 16.7. The molecular weight excluding hydrogens is 302 g/mol. The van der Waals surface area contributed by atoms with Crippen molar-refractivity contribution in [2.75, 3.05) is 0 Å². The number of amides is 1. The number of hydrogen-bond acceptors (Lipinski definition) is 3. The lowest BCUT2D eigenvalue weighted by Crippen LogP contribution is -2.36. The van der Waals surface area contributed by atoms with Gasteiger partial charge in [0.25, 0.3) is 0 Å². The normalized spacial score (nSPS) is 12.1. The molecule has 2 aromatic heterocycles. The van der Waals surface area contributed by atoms with Crippen LogP contribution in [0.4, 0.5) is 0 Å². The molecule has 6 heteroatoms. The van der Waals surface area contributed by atoms with Crippen LogP contribution in [0.25, 0.3) is 11.4 Å². The summed E-state index contributed by atoms with van der Waals surface area (Å²) in [6.07, 6.45) is 4.24. The maximum absolute atomic E-state index is 12.3. The molecule has 1 atom stereocenters. The average molecular weight is 323 g/mol. The van der Waals surface area contributed by atoms with Crippen LogP contribution < -0.4 is 5.32 Å². The van der Waals surface area contributed by atoms with Crippen molar-refractivity contribution < 1.29 is 4.79 Å². The Hall–Kier alpha value is -2.89. The zero-order valence-corrected chi connectivity index (χ0v) is 13.9. The molecule has 3 rings (SSSR count). The molecule has 3 aromatic rings. The number of benzene rings is 1. The van der Waals surface area contributed by atoms with E-state index in [0.717, 1.165) is 22.8 Å². The highest BCUT2D eigenvalue weighted by Crippen LogP contribution is 2.16. The van der Waals surface area contributed by atoms with E-state index >= 15 is 0 Å². The fraction of sp³-hybridized carbons (Fsp3) is 0.278. The molecule has 0 saturated heterocycles. The molecule has 6 nitrogen and oxygen atoms in total. The minimum absolute atomic E-state index is 0.0175. The Morgan fingerprint density at radius 3 is 2.83 bits per heavy atom. The quantitative estimate of drug-likeness (QED) is 0.731. The van der Waals surface area contributed by atoms with Crippen LogP contribution in [-0.4, -0.2) is 31.7 Å². The number of carbonyl (C=O) groups is 1. The Kier molecular flexibility index (Phi) is 4.74. The Morgan fingerprint density at radius 2 is 2.12 bits per heavy atom. The van der Waals surface area contributed by atoms with Gasteiger partial charge >= 0.3 is 0 Å². The molecule has 0 saturated carbocycles. The maximum Gasteiger partial charge on any atom is 0.240 e. The number of aromatic amines is 1. The van der Waals surface area contributed by atoms with Crippen molar-refractivity contribution in [3.63, 3.8) is 0 Å². The molecule has 0 aliphatic heterocycles. The third-order valence-electron chi connectivity index (χ3n) is 3.74. The first-order valence-corrected chi connectivity index (χ1v) is 7.98. The SMILES string of the molecule is Cc1cc(C[C@@H](C)NC(=O)Cn2ccnc2-c2ccccc2)n[nH]1. The van der Waals surface area contributed by atoms with Crippen molar-refractivity contribution in [1.29, 1.82) is 0 Å². The molecule has 0 aliphatic rings.